The van der Waals surface area contributed by atoms with Crippen LogP contribution in [0.15, 0.2) is 12.4 Å². The quantitative estimate of drug-likeness (QED) is 0.602. The molecule has 0 spiro atoms. The molecule has 2 amide bonds. The van der Waals surface area contributed by atoms with Crippen LogP contribution in [-0.2, 0) is 16.1 Å². The fourth-order valence-corrected chi connectivity index (χ4v) is 3.21. The van der Waals surface area contributed by atoms with Crippen molar-refractivity contribution in [2.45, 2.75) is 20.4 Å². The first-order chi connectivity index (χ1) is 12.2. The third-order valence-corrected chi connectivity index (χ3v) is 4.49. The molecule has 0 aromatic carbocycles. The topological polar surface area (TPSA) is 154 Å². The van der Waals surface area contributed by atoms with Crippen molar-refractivity contribution < 1.29 is 29.0 Å². The molecular formula is C15H16N4O6S. The zero-order valence-corrected chi connectivity index (χ0v) is 14.8. The first-order valence-corrected chi connectivity index (χ1v) is 8.22. The number of nitrogens with zero attached hydrogens (tertiary/aromatic N) is 2. The normalized spacial score (nSPS) is 10.4. The lowest BCUT2D eigenvalue weighted by molar-refractivity contribution is -0.137. The van der Waals surface area contributed by atoms with E-state index in [4.69, 9.17) is 15.6 Å². The summed E-state index contributed by atoms with van der Waals surface area (Å²) in [6, 6.07) is 0. The highest BCUT2D eigenvalue weighted by Crippen LogP contribution is 2.33. The van der Waals surface area contributed by atoms with Crippen molar-refractivity contribution in [2.75, 3.05) is 11.9 Å². The number of nitrogens with one attached hydrogen (secondary N) is 1. The third kappa shape index (κ3) is 4.06. The van der Waals surface area contributed by atoms with Crippen molar-refractivity contribution in [3.8, 4) is 0 Å². The number of rotatable bonds is 7. The summed E-state index contributed by atoms with van der Waals surface area (Å²) >= 11 is 0.860. The first-order valence-electron chi connectivity index (χ1n) is 7.40. The van der Waals surface area contributed by atoms with Gasteiger partial charge in [-0.15, -0.1) is 11.3 Å². The number of hydrogen-bond donors (Lipinski definition) is 3. The molecule has 0 aliphatic carbocycles. The molecule has 0 saturated heterocycles. The summed E-state index contributed by atoms with van der Waals surface area (Å²) < 4.78 is 6.04. The van der Waals surface area contributed by atoms with Crippen LogP contribution in [0.1, 0.15) is 42.9 Å². The molecule has 2 aromatic rings. The van der Waals surface area contributed by atoms with Gasteiger partial charge >= 0.3 is 11.9 Å². The van der Waals surface area contributed by atoms with E-state index in [0.29, 0.717) is 5.56 Å². The van der Waals surface area contributed by atoms with E-state index in [1.807, 2.05) is 0 Å². The molecule has 0 bridgehead atoms. The van der Waals surface area contributed by atoms with Gasteiger partial charge < -0.3 is 20.9 Å². The van der Waals surface area contributed by atoms with Crippen LogP contribution in [0.25, 0.3) is 0 Å². The van der Waals surface area contributed by atoms with E-state index in [9.17, 15) is 19.2 Å². The van der Waals surface area contributed by atoms with Gasteiger partial charge in [0.05, 0.1) is 28.8 Å². The van der Waals surface area contributed by atoms with Crippen molar-refractivity contribution in [1.82, 2.24) is 9.78 Å². The minimum atomic E-state index is -1.11. The fourth-order valence-electron chi connectivity index (χ4n) is 2.17. The number of anilines is 1. The summed E-state index contributed by atoms with van der Waals surface area (Å²) in [4.78, 5) is 46.9. The lowest BCUT2D eigenvalue weighted by Gasteiger charge is -2.06. The summed E-state index contributed by atoms with van der Waals surface area (Å²) in [6.07, 6.45) is 2.45. The van der Waals surface area contributed by atoms with Crippen molar-refractivity contribution in [2.24, 2.45) is 5.73 Å². The van der Waals surface area contributed by atoms with E-state index >= 15 is 0 Å². The minimum Gasteiger partial charge on any atom is -0.480 e. The lowest BCUT2D eigenvalue weighted by Crippen LogP contribution is -2.15. The Bertz CT molecular complexity index is 885. The number of amides is 2. The Kier molecular flexibility index (Phi) is 5.72. The molecule has 0 radical (unpaired) electrons. The van der Waals surface area contributed by atoms with Crippen LogP contribution >= 0.6 is 11.3 Å². The maximum Gasteiger partial charge on any atom is 0.341 e. The summed E-state index contributed by atoms with van der Waals surface area (Å²) in [5.74, 6) is -3.15. The number of thiophene rings is 1. The van der Waals surface area contributed by atoms with Crippen molar-refractivity contribution in [1.29, 1.82) is 0 Å². The first kappa shape index (κ1) is 19.1. The number of carboxylic acid groups (broad SMARTS) is 1. The van der Waals surface area contributed by atoms with Gasteiger partial charge in [-0.2, -0.15) is 5.10 Å². The molecule has 0 saturated carbocycles. The number of hydrogen-bond acceptors (Lipinski definition) is 7. The molecule has 0 aliphatic heterocycles. The number of ether oxygens (including phenoxy) is 1. The molecule has 2 aromatic heterocycles. The Morgan fingerprint density at radius 3 is 2.65 bits per heavy atom. The van der Waals surface area contributed by atoms with E-state index in [-0.39, 0.29) is 27.6 Å². The highest BCUT2D eigenvalue weighted by molar-refractivity contribution is 7.18. The van der Waals surface area contributed by atoms with Crippen LogP contribution < -0.4 is 11.1 Å². The van der Waals surface area contributed by atoms with Gasteiger partial charge in [0.1, 0.15) is 11.5 Å². The molecule has 2 rings (SSSR count). The smallest absolute Gasteiger partial charge is 0.341 e. The van der Waals surface area contributed by atoms with Crippen molar-refractivity contribution >= 4 is 40.1 Å². The van der Waals surface area contributed by atoms with Crippen molar-refractivity contribution in [3.05, 3.63) is 34.0 Å². The van der Waals surface area contributed by atoms with Gasteiger partial charge in [0.2, 0.25) is 0 Å². The molecular weight excluding hydrogens is 364 g/mol. The lowest BCUT2D eigenvalue weighted by atomic mass is 10.1. The molecule has 4 N–H and O–H groups in total. The summed E-state index contributed by atoms with van der Waals surface area (Å²) in [6.45, 7) is 2.88. The maximum absolute atomic E-state index is 12.4. The Morgan fingerprint density at radius 2 is 2.08 bits per heavy atom. The van der Waals surface area contributed by atoms with Gasteiger partial charge in [-0.3, -0.25) is 19.1 Å². The number of carbonyl (C=O) groups is 4. The number of esters is 1. The second-order valence-electron chi connectivity index (χ2n) is 5.12. The molecule has 0 fully saturated rings. The number of carbonyl (C=O) groups excluding carboxylic acids is 3. The number of aromatic nitrogens is 2. The van der Waals surface area contributed by atoms with Gasteiger partial charge in [-0.05, 0) is 19.4 Å². The Balaban J connectivity index is 2.32. The molecule has 0 unspecified atom stereocenters. The largest absolute Gasteiger partial charge is 0.480 e. The van der Waals surface area contributed by atoms with E-state index in [0.717, 1.165) is 16.0 Å². The van der Waals surface area contributed by atoms with Crippen LogP contribution in [-0.4, -0.2) is 45.2 Å². The molecule has 11 heteroatoms. The average molecular weight is 380 g/mol. The van der Waals surface area contributed by atoms with Gasteiger partial charge in [0, 0.05) is 6.20 Å². The fraction of sp³-hybridized carbons (Fsp3) is 0.267. The zero-order valence-electron chi connectivity index (χ0n) is 13.9. The SMILES string of the molecule is CCOC(=O)c1c(NC(=O)c2cnn(CC(=O)O)c2)sc(C(N)=O)c1C. The van der Waals surface area contributed by atoms with E-state index in [1.165, 1.54) is 19.3 Å². The van der Waals surface area contributed by atoms with Crippen LogP contribution in [0.4, 0.5) is 5.00 Å². The number of carboxylic acids is 1. The number of aliphatic carboxylic acids is 1. The Hall–Kier alpha value is -3.21. The van der Waals surface area contributed by atoms with Gasteiger partial charge in [-0.1, -0.05) is 0 Å². The van der Waals surface area contributed by atoms with Gasteiger partial charge in [0.15, 0.2) is 0 Å². The summed E-state index contributed by atoms with van der Waals surface area (Å²) in [5, 5.41) is 15.1. The number of primary amides is 1. The van der Waals surface area contributed by atoms with Gasteiger partial charge in [0.25, 0.3) is 11.8 Å². The van der Waals surface area contributed by atoms with Crippen LogP contribution in [0, 0.1) is 6.92 Å². The highest BCUT2D eigenvalue weighted by Gasteiger charge is 2.26. The second-order valence-corrected chi connectivity index (χ2v) is 6.14. The number of nitrogens with two attached hydrogens (primary N) is 1. The van der Waals surface area contributed by atoms with E-state index < -0.39 is 30.3 Å². The van der Waals surface area contributed by atoms with Crippen LogP contribution in [0.3, 0.4) is 0 Å². The molecule has 2 heterocycles. The standard InChI is InChI=1S/C15H16N4O6S/c1-3-25-15(24)10-7(2)11(12(16)22)26-14(10)18-13(23)8-4-17-19(5-8)6-9(20)21/h4-5H,3,6H2,1-2H3,(H2,16,22)(H,18,23)(H,20,21). The summed E-state index contributed by atoms with van der Waals surface area (Å²) in [7, 11) is 0. The monoisotopic (exact) mass is 380 g/mol. The predicted octanol–water partition coefficient (Wildman–Crippen LogP) is 0.866. The Labute approximate surface area is 151 Å². The van der Waals surface area contributed by atoms with E-state index in [1.54, 1.807) is 6.92 Å². The second kappa shape index (κ2) is 7.78. The predicted molar refractivity (Wildman–Crippen MR) is 91.3 cm³/mol. The van der Waals surface area contributed by atoms with E-state index in [2.05, 4.69) is 10.4 Å². The summed E-state index contributed by atoms with van der Waals surface area (Å²) in [5.41, 5.74) is 5.76. The molecule has 26 heavy (non-hydrogen) atoms. The van der Waals surface area contributed by atoms with Crippen LogP contribution in [0.2, 0.25) is 0 Å². The van der Waals surface area contributed by atoms with Crippen molar-refractivity contribution in [3.63, 3.8) is 0 Å². The third-order valence-electron chi connectivity index (χ3n) is 3.27. The zero-order chi connectivity index (χ0) is 19.4. The minimum absolute atomic E-state index is 0.0527. The van der Waals surface area contributed by atoms with Gasteiger partial charge in [-0.25, -0.2) is 4.79 Å². The molecule has 0 aliphatic rings. The highest BCUT2D eigenvalue weighted by atomic mass is 32.1. The maximum atomic E-state index is 12.4. The van der Waals surface area contributed by atoms with Crippen LogP contribution in [0.5, 0.6) is 0 Å². The molecule has 10 nitrogen and oxygen atoms in total. The Morgan fingerprint density at radius 1 is 1.38 bits per heavy atom. The molecule has 138 valence electrons. The molecule has 0 atom stereocenters. The average Bonchev–Trinajstić information content (AvgIpc) is 3.11.